The van der Waals surface area contributed by atoms with Crippen molar-refractivity contribution in [2.45, 2.75) is 0 Å². The highest BCUT2D eigenvalue weighted by Crippen LogP contribution is 2.40. The van der Waals surface area contributed by atoms with Crippen molar-refractivity contribution in [2.24, 2.45) is 0 Å². The molecule has 12 aromatic carbocycles. The van der Waals surface area contributed by atoms with Crippen molar-refractivity contribution in [3.63, 3.8) is 0 Å². The lowest BCUT2D eigenvalue weighted by Crippen LogP contribution is -1.95. The van der Waals surface area contributed by atoms with E-state index in [1.807, 2.05) is 0 Å². The molecular weight excluding hydrogens is 893 g/mol. The molecule has 2 nitrogen and oxygen atoms in total. The number of hydrogen-bond acceptors (Lipinski definition) is 0. The molecule has 2 aromatic heterocycles. The number of hydrogen-bond donors (Lipinski definition) is 0. The Balaban J connectivity index is 0.852. The Morgan fingerprint density at radius 3 is 0.703 bits per heavy atom. The van der Waals surface area contributed by atoms with E-state index in [-0.39, 0.29) is 0 Å². The number of rotatable bonds is 9. The Bertz CT molecular complexity index is 3960. The molecule has 0 amide bonds. The standard InChI is InChI=1S/C72H48N2/c1-5-17-49(18-6-1)57-41-58(50-19-7-2-8-20-50)44-61(43-57)53-29-35-63(36-30-53)73-69-27-15-13-25-65(69)67-39-33-55(47-71(67)73)56-34-40-68-66-26-14-16-28-70(66)74(72(68)48-56)64-37-31-54(32-38-64)62-45-59(51-21-9-3-10-22-51)42-60(46-62)52-23-11-4-12-24-52/h1-48H. The molecule has 14 aromatic rings. The van der Waals surface area contributed by atoms with Crippen LogP contribution in [0.3, 0.4) is 0 Å². The minimum Gasteiger partial charge on any atom is -0.309 e. The topological polar surface area (TPSA) is 9.86 Å². The summed E-state index contributed by atoms with van der Waals surface area (Å²) >= 11 is 0. The lowest BCUT2D eigenvalue weighted by molar-refractivity contribution is 1.18. The van der Waals surface area contributed by atoms with E-state index in [4.69, 9.17) is 0 Å². The Hall–Kier alpha value is -9.76. The molecule has 0 spiro atoms. The van der Waals surface area contributed by atoms with Crippen LogP contribution in [-0.2, 0) is 0 Å². The van der Waals surface area contributed by atoms with Gasteiger partial charge in [-0.15, -0.1) is 0 Å². The molecule has 2 heterocycles. The van der Waals surface area contributed by atoms with E-state index >= 15 is 0 Å². The highest BCUT2D eigenvalue weighted by molar-refractivity contribution is 6.12. The molecule has 0 saturated carbocycles. The number of nitrogens with zero attached hydrogens (tertiary/aromatic N) is 2. The van der Waals surface area contributed by atoms with E-state index in [1.54, 1.807) is 0 Å². The zero-order valence-corrected chi connectivity index (χ0v) is 40.6. The summed E-state index contributed by atoms with van der Waals surface area (Å²) in [6.45, 7) is 0. The third-order valence-corrected chi connectivity index (χ3v) is 14.9. The van der Waals surface area contributed by atoms with E-state index < -0.39 is 0 Å². The summed E-state index contributed by atoms with van der Waals surface area (Å²) in [4.78, 5) is 0. The maximum atomic E-state index is 2.43. The van der Waals surface area contributed by atoms with Gasteiger partial charge in [0.05, 0.1) is 22.1 Å². The van der Waals surface area contributed by atoms with Crippen LogP contribution >= 0.6 is 0 Å². The Labute approximate surface area is 431 Å². The average molecular weight is 941 g/mol. The number of para-hydroxylation sites is 2. The minimum atomic E-state index is 1.13. The van der Waals surface area contributed by atoms with Gasteiger partial charge in [0.15, 0.2) is 0 Å². The van der Waals surface area contributed by atoms with E-state index in [0.29, 0.717) is 0 Å². The molecule has 14 rings (SSSR count). The Kier molecular flexibility index (Phi) is 10.6. The maximum Gasteiger partial charge on any atom is 0.0547 e. The molecule has 0 aliphatic heterocycles. The highest BCUT2D eigenvalue weighted by Gasteiger charge is 2.18. The molecule has 0 saturated heterocycles. The van der Waals surface area contributed by atoms with Crippen LogP contribution in [0, 0.1) is 0 Å². The van der Waals surface area contributed by atoms with E-state index in [1.165, 1.54) is 122 Å². The van der Waals surface area contributed by atoms with Crippen LogP contribution in [0.4, 0.5) is 0 Å². The van der Waals surface area contributed by atoms with Crippen LogP contribution in [0.25, 0.3) is 133 Å². The first-order chi connectivity index (χ1) is 36.7. The van der Waals surface area contributed by atoms with Crippen LogP contribution in [0.5, 0.6) is 0 Å². The molecule has 0 N–H and O–H groups in total. The Morgan fingerprint density at radius 1 is 0.149 bits per heavy atom. The lowest BCUT2D eigenvalue weighted by atomic mass is 9.93. The molecule has 346 valence electrons. The van der Waals surface area contributed by atoms with Gasteiger partial charge in [-0.25, -0.2) is 0 Å². The Morgan fingerprint density at radius 2 is 0.392 bits per heavy atom. The van der Waals surface area contributed by atoms with Gasteiger partial charge in [0.1, 0.15) is 0 Å². The van der Waals surface area contributed by atoms with Crippen LogP contribution in [-0.4, -0.2) is 9.13 Å². The van der Waals surface area contributed by atoms with Crippen LogP contribution in [0.15, 0.2) is 291 Å². The minimum absolute atomic E-state index is 1.13. The molecule has 0 bridgehead atoms. The number of fused-ring (bicyclic) bond motifs is 6. The first-order valence-corrected chi connectivity index (χ1v) is 25.5. The largest absolute Gasteiger partial charge is 0.309 e. The maximum absolute atomic E-state index is 2.43. The summed E-state index contributed by atoms with van der Waals surface area (Å²) in [7, 11) is 0. The van der Waals surface area contributed by atoms with Gasteiger partial charge in [-0.2, -0.15) is 0 Å². The second kappa shape index (κ2) is 18.1. The fraction of sp³-hybridized carbons (Fsp3) is 0. The van der Waals surface area contributed by atoms with Crippen molar-refractivity contribution in [1.29, 1.82) is 0 Å². The van der Waals surface area contributed by atoms with E-state index in [2.05, 4.69) is 300 Å². The summed E-state index contributed by atoms with van der Waals surface area (Å²) in [6.07, 6.45) is 0. The van der Waals surface area contributed by atoms with Crippen molar-refractivity contribution in [2.75, 3.05) is 0 Å². The molecule has 0 unspecified atom stereocenters. The van der Waals surface area contributed by atoms with Gasteiger partial charge in [0, 0.05) is 32.9 Å². The molecule has 0 radical (unpaired) electrons. The monoisotopic (exact) mass is 940 g/mol. The van der Waals surface area contributed by atoms with Gasteiger partial charge >= 0.3 is 0 Å². The zero-order chi connectivity index (χ0) is 49.0. The van der Waals surface area contributed by atoms with Gasteiger partial charge in [0.25, 0.3) is 0 Å². The zero-order valence-electron chi connectivity index (χ0n) is 40.6. The summed E-state index contributed by atoms with van der Waals surface area (Å²) < 4.78 is 4.87. The second-order valence-corrected chi connectivity index (χ2v) is 19.3. The quantitative estimate of drug-likeness (QED) is 0.136. The third kappa shape index (κ3) is 7.69. The van der Waals surface area contributed by atoms with Gasteiger partial charge in [-0.1, -0.05) is 206 Å². The number of aromatic nitrogens is 2. The van der Waals surface area contributed by atoms with E-state index in [0.717, 1.165) is 11.4 Å². The predicted octanol–water partition coefficient (Wildman–Crippen LogP) is 19.5. The molecule has 0 aliphatic rings. The normalized spacial score (nSPS) is 11.5. The van der Waals surface area contributed by atoms with Crippen LogP contribution in [0.1, 0.15) is 0 Å². The predicted molar refractivity (Wildman–Crippen MR) is 313 cm³/mol. The van der Waals surface area contributed by atoms with Crippen LogP contribution < -0.4 is 0 Å². The van der Waals surface area contributed by atoms with Crippen molar-refractivity contribution >= 4 is 43.6 Å². The fourth-order valence-corrected chi connectivity index (χ4v) is 11.2. The van der Waals surface area contributed by atoms with Crippen molar-refractivity contribution in [3.8, 4) is 89.3 Å². The third-order valence-electron chi connectivity index (χ3n) is 14.9. The smallest absolute Gasteiger partial charge is 0.0547 e. The highest BCUT2D eigenvalue weighted by atomic mass is 15.0. The van der Waals surface area contributed by atoms with Crippen molar-refractivity contribution < 1.29 is 0 Å². The molecular formula is C72H48N2. The van der Waals surface area contributed by atoms with Gasteiger partial charge in [-0.05, 0) is 163 Å². The van der Waals surface area contributed by atoms with Gasteiger partial charge in [0.2, 0.25) is 0 Å². The van der Waals surface area contributed by atoms with E-state index in [9.17, 15) is 0 Å². The lowest BCUT2D eigenvalue weighted by Gasteiger charge is -2.13. The molecule has 74 heavy (non-hydrogen) atoms. The fourth-order valence-electron chi connectivity index (χ4n) is 11.2. The summed E-state index contributed by atoms with van der Waals surface area (Å²) in [5.74, 6) is 0. The summed E-state index contributed by atoms with van der Waals surface area (Å²) in [5.41, 5.74) is 23.7. The van der Waals surface area contributed by atoms with Gasteiger partial charge < -0.3 is 9.13 Å². The van der Waals surface area contributed by atoms with Crippen LogP contribution in [0.2, 0.25) is 0 Å². The molecule has 0 atom stereocenters. The number of benzene rings is 12. The van der Waals surface area contributed by atoms with Crippen molar-refractivity contribution in [1.82, 2.24) is 9.13 Å². The molecule has 2 heteroatoms. The summed E-state index contributed by atoms with van der Waals surface area (Å²) in [5, 5.41) is 4.94. The molecule has 0 aliphatic carbocycles. The summed E-state index contributed by atoms with van der Waals surface area (Å²) in [6, 6.07) is 106. The first-order valence-electron chi connectivity index (χ1n) is 25.5. The SMILES string of the molecule is c1ccc(-c2cc(-c3ccccc3)cc(-c3ccc(-n4c5ccccc5c5ccc(-c6ccc7c8ccccc8n(-c8ccc(-c9cc(-c%10ccccc%10)cc(-c%10ccccc%10)c9)cc8)c7c6)cc54)cc3)c2)cc1. The molecule has 0 fully saturated rings. The first kappa shape index (κ1) is 43.1. The van der Waals surface area contributed by atoms with Gasteiger partial charge in [-0.3, -0.25) is 0 Å². The van der Waals surface area contributed by atoms with Crippen molar-refractivity contribution in [3.05, 3.63) is 291 Å². The average Bonchev–Trinajstić information content (AvgIpc) is 4.00. The second-order valence-electron chi connectivity index (χ2n) is 19.3.